The third-order valence-corrected chi connectivity index (χ3v) is 6.24. The lowest BCUT2D eigenvalue weighted by Gasteiger charge is -2.26. The second kappa shape index (κ2) is 8.05. The van der Waals surface area contributed by atoms with Crippen LogP contribution in [0.15, 0.2) is 59.8 Å². The molecule has 0 fully saturated rings. The minimum absolute atomic E-state index is 0.175. The van der Waals surface area contributed by atoms with Gasteiger partial charge in [0.25, 0.3) is 0 Å². The van der Waals surface area contributed by atoms with E-state index < -0.39 is 5.82 Å². The fourth-order valence-corrected chi connectivity index (χ4v) is 4.55. The van der Waals surface area contributed by atoms with Gasteiger partial charge >= 0.3 is 5.69 Å². The summed E-state index contributed by atoms with van der Waals surface area (Å²) in [5.41, 5.74) is 2.35. The van der Waals surface area contributed by atoms with Crippen molar-refractivity contribution >= 4 is 28.1 Å². The van der Waals surface area contributed by atoms with Gasteiger partial charge in [0.05, 0.1) is 29.9 Å². The quantitative estimate of drug-likeness (QED) is 0.429. The normalized spacial score (nSPS) is 15.2. The summed E-state index contributed by atoms with van der Waals surface area (Å²) in [5, 5.41) is 2.55. The van der Waals surface area contributed by atoms with Crippen molar-refractivity contribution in [2.45, 2.75) is 19.0 Å². The van der Waals surface area contributed by atoms with Crippen molar-refractivity contribution in [3.05, 3.63) is 76.9 Å². The summed E-state index contributed by atoms with van der Waals surface area (Å²) in [6.07, 6.45) is 3.57. The molecule has 5 aromatic rings. The van der Waals surface area contributed by atoms with Crippen molar-refractivity contribution in [3.63, 3.8) is 0 Å². The van der Waals surface area contributed by atoms with Crippen LogP contribution in [0.25, 0.3) is 28.1 Å². The zero-order chi connectivity index (χ0) is 24.1. The van der Waals surface area contributed by atoms with Crippen molar-refractivity contribution in [1.29, 1.82) is 0 Å². The second-order valence-corrected chi connectivity index (χ2v) is 8.23. The number of nitrogens with zero attached hydrogens (tertiary/aromatic N) is 6. The van der Waals surface area contributed by atoms with E-state index >= 15 is 0 Å². The van der Waals surface area contributed by atoms with E-state index in [9.17, 15) is 14.0 Å². The zero-order valence-electron chi connectivity index (χ0n) is 18.7. The summed E-state index contributed by atoms with van der Waals surface area (Å²) >= 11 is 0. The van der Waals surface area contributed by atoms with Crippen LogP contribution < -0.4 is 15.7 Å². The maximum atomic E-state index is 13.9. The SMILES string of the molecule is CNC(=O)Cn1c(=O)n(C2CCOc3ccccc32)c2nc(-n3cnc4ccc(F)cc43)ncc21. The smallest absolute Gasteiger partial charge is 0.331 e. The molecule has 0 aliphatic carbocycles. The molecular weight excluding hydrogens is 453 g/mol. The summed E-state index contributed by atoms with van der Waals surface area (Å²) in [6, 6.07) is 11.5. The molecule has 0 saturated heterocycles. The number of benzene rings is 2. The topological polar surface area (TPSA) is 109 Å². The number of rotatable bonds is 4. The van der Waals surface area contributed by atoms with Crippen LogP contribution in [-0.4, -0.2) is 48.2 Å². The van der Waals surface area contributed by atoms with Crippen LogP contribution in [-0.2, 0) is 11.3 Å². The Morgan fingerprint density at radius 1 is 1.20 bits per heavy atom. The largest absolute Gasteiger partial charge is 0.493 e. The van der Waals surface area contributed by atoms with Crippen LogP contribution in [0.1, 0.15) is 18.0 Å². The molecule has 11 heteroatoms. The van der Waals surface area contributed by atoms with Crippen LogP contribution in [0, 0.1) is 5.82 Å². The predicted molar refractivity (Wildman–Crippen MR) is 125 cm³/mol. The van der Waals surface area contributed by atoms with Gasteiger partial charge in [0.1, 0.15) is 30.0 Å². The molecule has 1 N–H and O–H groups in total. The highest BCUT2D eigenvalue weighted by molar-refractivity contribution is 5.80. The number of aromatic nitrogens is 6. The minimum atomic E-state index is -0.409. The summed E-state index contributed by atoms with van der Waals surface area (Å²) in [4.78, 5) is 39.3. The van der Waals surface area contributed by atoms with E-state index in [-0.39, 0.29) is 30.1 Å². The number of fused-ring (bicyclic) bond motifs is 3. The van der Waals surface area contributed by atoms with E-state index in [1.807, 2.05) is 24.3 Å². The number of amides is 1. The van der Waals surface area contributed by atoms with Crippen molar-refractivity contribution in [1.82, 2.24) is 34.0 Å². The first-order valence-electron chi connectivity index (χ1n) is 11.1. The predicted octanol–water partition coefficient (Wildman–Crippen LogP) is 2.19. The van der Waals surface area contributed by atoms with Crippen LogP contribution >= 0.6 is 0 Å². The molecule has 1 atom stereocenters. The number of likely N-dealkylation sites (N-methyl/N-ethyl adjacent to an activating group) is 1. The zero-order valence-corrected chi connectivity index (χ0v) is 18.7. The molecule has 3 aromatic heterocycles. The van der Waals surface area contributed by atoms with Crippen LogP contribution in [0.2, 0.25) is 0 Å². The van der Waals surface area contributed by atoms with Gasteiger partial charge in [-0.25, -0.2) is 19.2 Å². The second-order valence-electron chi connectivity index (χ2n) is 8.23. The Labute approximate surface area is 197 Å². The highest BCUT2D eigenvalue weighted by atomic mass is 19.1. The standard InChI is InChI=1S/C24H20FN7O3/c1-26-21(33)12-30-19-11-27-23(31-13-28-16-7-6-14(25)10-18(16)31)29-22(19)32(24(30)34)17-8-9-35-20-5-3-2-4-15(17)20/h2-7,10-11,13,17H,8-9,12H2,1H3,(H,26,33). The van der Waals surface area contributed by atoms with E-state index in [1.54, 1.807) is 15.2 Å². The summed E-state index contributed by atoms with van der Waals surface area (Å²) < 4.78 is 24.3. The maximum Gasteiger partial charge on any atom is 0.331 e. The molecule has 35 heavy (non-hydrogen) atoms. The van der Waals surface area contributed by atoms with Crippen molar-refractivity contribution < 1.29 is 13.9 Å². The Bertz CT molecular complexity index is 1670. The lowest BCUT2D eigenvalue weighted by molar-refractivity contribution is -0.121. The van der Waals surface area contributed by atoms with Gasteiger partial charge in [-0.1, -0.05) is 18.2 Å². The number of carbonyl (C=O) groups is 1. The van der Waals surface area contributed by atoms with Crippen LogP contribution in [0.4, 0.5) is 4.39 Å². The van der Waals surface area contributed by atoms with E-state index in [2.05, 4.69) is 15.3 Å². The number of nitrogens with one attached hydrogen (secondary N) is 1. The number of halogens is 1. The van der Waals surface area contributed by atoms with Crippen LogP contribution in [0.3, 0.4) is 0 Å². The average Bonchev–Trinajstić information content (AvgIpc) is 3.41. The van der Waals surface area contributed by atoms with E-state index in [0.717, 1.165) is 5.56 Å². The van der Waals surface area contributed by atoms with Gasteiger partial charge in [0, 0.05) is 25.1 Å². The highest BCUT2D eigenvalue weighted by Gasteiger charge is 2.29. The number of imidazole rings is 2. The third kappa shape index (κ3) is 3.35. The molecule has 0 bridgehead atoms. The van der Waals surface area contributed by atoms with Crippen LogP contribution in [0.5, 0.6) is 5.75 Å². The number of hydrogen-bond acceptors (Lipinski definition) is 6. The highest BCUT2D eigenvalue weighted by Crippen LogP contribution is 2.35. The molecule has 4 heterocycles. The van der Waals surface area contributed by atoms with Crippen molar-refractivity contribution in [2.75, 3.05) is 13.7 Å². The van der Waals surface area contributed by atoms with E-state index in [0.29, 0.717) is 41.0 Å². The Morgan fingerprint density at radius 3 is 2.91 bits per heavy atom. The first-order valence-corrected chi connectivity index (χ1v) is 11.1. The molecule has 6 rings (SSSR count). The molecule has 176 valence electrons. The monoisotopic (exact) mass is 473 g/mol. The first kappa shape index (κ1) is 21.0. The Morgan fingerprint density at radius 2 is 2.06 bits per heavy atom. The van der Waals surface area contributed by atoms with Gasteiger partial charge in [-0.2, -0.15) is 4.98 Å². The van der Waals surface area contributed by atoms with Gasteiger partial charge in [0.2, 0.25) is 11.9 Å². The fraction of sp³-hybridized carbons (Fsp3) is 0.208. The van der Waals surface area contributed by atoms with Gasteiger partial charge in [0.15, 0.2) is 5.65 Å². The lowest BCUT2D eigenvalue weighted by atomic mass is 10.0. The number of ether oxygens (including phenoxy) is 1. The Balaban J connectivity index is 1.60. The molecule has 1 aliphatic heterocycles. The molecule has 1 aliphatic rings. The molecular formula is C24H20FN7O3. The summed E-state index contributed by atoms with van der Waals surface area (Å²) in [6.45, 7) is 0.255. The Kier molecular flexibility index (Phi) is 4.83. The molecule has 1 unspecified atom stereocenters. The number of hydrogen-bond donors (Lipinski definition) is 1. The van der Waals surface area contributed by atoms with Gasteiger partial charge in [-0.05, 0) is 18.2 Å². The third-order valence-electron chi connectivity index (χ3n) is 6.24. The van der Waals surface area contributed by atoms with E-state index in [4.69, 9.17) is 9.72 Å². The summed E-state index contributed by atoms with van der Waals surface area (Å²) in [7, 11) is 1.51. The molecule has 0 saturated carbocycles. The Hall–Kier alpha value is -4.54. The molecule has 10 nitrogen and oxygen atoms in total. The molecule has 1 amide bonds. The lowest BCUT2D eigenvalue weighted by Crippen LogP contribution is -2.34. The first-order chi connectivity index (χ1) is 17.0. The van der Waals surface area contributed by atoms with Crippen molar-refractivity contribution in [3.8, 4) is 11.7 Å². The molecule has 0 radical (unpaired) electrons. The molecule has 0 spiro atoms. The number of carbonyl (C=O) groups excluding carboxylic acids is 1. The maximum absolute atomic E-state index is 13.9. The average molecular weight is 473 g/mol. The fourth-order valence-electron chi connectivity index (χ4n) is 4.55. The van der Waals surface area contributed by atoms with Gasteiger partial charge in [-0.15, -0.1) is 0 Å². The van der Waals surface area contributed by atoms with Gasteiger partial charge < -0.3 is 10.1 Å². The van der Waals surface area contributed by atoms with Gasteiger partial charge in [-0.3, -0.25) is 18.5 Å². The van der Waals surface area contributed by atoms with E-state index in [1.165, 1.54) is 36.3 Å². The number of para-hydroxylation sites is 1. The summed E-state index contributed by atoms with van der Waals surface area (Å²) in [5.74, 6) is 0.205. The van der Waals surface area contributed by atoms with Crippen molar-refractivity contribution in [2.24, 2.45) is 0 Å². The minimum Gasteiger partial charge on any atom is -0.493 e. The molecule has 2 aromatic carbocycles.